The lowest BCUT2D eigenvalue weighted by molar-refractivity contribution is 0.0937. The zero-order chi connectivity index (χ0) is 20.4. The molecule has 0 saturated heterocycles. The second-order valence-corrected chi connectivity index (χ2v) is 7.60. The van der Waals surface area contributed by atoms with Gasteiger partial charge in [-0.15, -0.1) is 0 Å². The Morgan fingerprint density at radius 1 is 0.966 bits per heavy atom. The minimum Gasteiger partial charge on any atom is -0.342 e. The molecular weight excluding hydrogens is 358 g/mol. The average Bonchev–Trinajstić information content (AvgIpc) is 3.08. The normalized spacial score (nSPS) is 12.1. The van der Waals surface area contributed by atoms with Crippen molar-refractivity contribution >= 4 is 16.9 Å². The topological polar surface area (TPSA) is 46.9 Å². The number of hydrogen-bond donors (Lipinski definition) is 1. The Morgan fingerprint density at radius 3 is 2.48 bits per heavy atom. The van der Waals surface area contributed by atoms with Crippen molar-refractivity contribution in [3.8, 4) is 0 Å². The summed E-state index contributed by atoms with van der Waals surface area (Å²) < 4.78 is 2.20. The highest BCUT2D eigenvalue weighted by atomic mass is 16.1. The van der Waals surface area contributed by atoms with E-state index in [1.54, 1.807) is 0 Å². The van der Waals surface area contributed by atoms with Gasteiger partial charge in [-0.1, -0.05) is 59.7 Å². The Labute approximate surface area is 171 Å². The first-order chi connectivity index (χ1) is 14.0. The fraction of sp³-hybridized carbons (Fsp3) is 0.200. The summed E-state index contributed by atoms with van der Waals surface area (Å²) in [7, 11) is 0. The zero-order valence-corrected chi connectivity index (χ0v) is 17.0. The van der Waals surface area contributed by atoms with Crippen LogP contribution < -0.4 is 5.32 Å². The quantitative estimate of drug-likeness (QED) is 0.515. The smallest absolute Gasteiger partial charge is 0.251 e. The highest BCUT2D eigenvalue weighted by Gasteiger charge is 2.19. The molecule has 0 bridgehead atoms. The van der Waals surface area contributed by atoms with E-state index in [1.165, 1.54) is 11.1 Å². The molecule has 0 saturated carbocycles. The van der Waals surface area contributed by atoms with Crippen molar-refractivity contribution in [2.75, 3.05) is 0 Å². The van der Waals surface area contributed by atoms with Crippen LogP contribution in [0.5, 0.6) is 0 Å². The molecule has 146 valence electrons. The van der Waals surface area contributed by atoms with Crippen LogP contribution >= 0.6 is 0 Å². The first-order valence-electron chi connectivity index (χ1n) is 9.89. The van der Waals surface area contributed by atoms with Gasteiger partial charge in [0.15, 0.2) is 0 Å². The predicted molar refractivity (Wildman–Crippen MR) is 117 cm³/mol. The van der Waals surface area contributed by atoms with Crippen LogP contribution in [0.3, 0.4) is 0 Å². The SMILES string of the molecule is Cc1ccc(Cn2c([C@@H](C)NC(=O)c3cccc(C)c3)nc3ccccc32)cc1. The van der Waals surface area contributed by atoms with Gasteiger partial charge in [0.25, 0.3) is 5.91 Å². The summed E-state index contributed by atoms with van der Waals surface area (Å²) in [5, 5.41) is 3.11. The zero-order valence-electron chi connectivity index (χ0n) is 17.0. The molecule has 0 aliphatic carbocycles. The monoisotopic (exact) mass is 383 g/mol. The molecule has 0 aliphatic heterocycles. The fourth-order valence-electron chi connectivity index (χ4n) is 3.60. The molecule has 1 aromatic heterocycles. The fourth-order valence-corrected chi connectivity index (χ4v) is 3.60. The van der Waals surface area contributed by atoms with Gasteiger partial charge in [-0.05, 0) is 50.6 Å². The van der Waals surface area contributed by atoms with Crippen molar-refractivity contribution in [2.24, 2.45) is 0 Å². The molecule has 0 aliphatic rings. The van der Waals surface area contributed by atoms with Crippen LogP contribution in [-0.4, -0.2) is 15.5 Å². The molecule has 1 atom stereocenters. The van der Waals surface area contributed by atoms with E-state index in [0.29, 0.717) is 12.1 Å². The Kier molecular flexibility index (Phi) is 5.17. The Hall–Kier alpha value is -3.40. The van der Waals surface area contributed by atoms with E-state index in [-0.39, 0.29) is 11.9 Å². The summed E-state index contributed by atoms with van der Waals surface area (Å²) >= 11 is 0. The van der Waals surface area contributed by atoms with E-state index in [4.69, 9.17) is 4.98 Å². The number of amides is 1. The molecule has 4 aromatic rings. The number of para-hydroxylation sites is 2. The minimum absolute atomic E-state index is 0.0878. The summed E-state index contributed by atoms with van der Waals surface area (Å²) in [6.07, 6.45) is 0. The van der Waals surface area contributed by atoms with Crippen molar-refractivity contribution in [2.45, 2.75) is 33.4 Å². The van der Waals surface area contributed by atoms with Gasteiger partial charge in [-0.2, -0.15) is 0 Å². The Morgan fingerprint density at radius 2 is 1.72 bits per heavy atom. The van der Waals surface area contributed by atoms with E-state index in [9.17, 15) is 4.79 Å². The second-order valence-electron chi connectivity index (χ2n) is 7.60. The Balaban J connectivity index is 1.67. The number of aryl methyl sites for hydroxylation is 2. The van der Waals surface area contributed by atoms with E-state index >= 15 is 0 Å². The maximum Gasteiger partial charge on any atom is 0.251 e. The number of carbonyl (C=O) groups excluding carboxylic acids is 1. The summed E-state index contributed by atoms with van der Waals surface area (Å²) in [6.45, 7) is 6.77. The number of nitrogens with one attached hydrogen (secondary N) is 1. The van der Waals surface area contributed by atoms with Crippen molar-refractivity contribution in [3.63, 3.8) is 0 Å². The number of rotatable bonds is 5. The summed E-state index contributed by atoms with van der Waals surface area (Å²) in [5.41, 5.74) is 6.18. The molecular formula is C25H25N3O. The third-order valence-electron chi connectivity index (χ3n) is 5.16. The molecule has 0 unspecified atom stereocenters. The molecule has 4 heteroatoms. The lowest BCUT2D eigenvalue weighted by atomic mass is 10.1. The number of aromatic nitrogens is 2. The van der Waals surface area contributed by atoms with Crippen LogP contribution in [-0.2, 0) is 6.54 Å². The number of fused-ring (bicyclic) bond motifs is 1. The second kappa shape index (κ2) is 7.92. The number of imidazole rings is 1. The van der Waals surface area contributed by atoms with Crippen LogP contribution in [0.15, 0.2) is 72.8 Å². The maximum absolute atomic E-state index is 12.8. The molecule has 1 N–H and O–H groups in total. The van der Waals surface area contributed by atoms with Gasteiger partial charge in [0.2, 0.25) is 0 Å². The molecule has 1 amide bonds. The molecule has 4 nitrogen and oxygen atoms in total. The number of hydrogen-bond acceptors (Lipinski definition) is 2. The highest BCUT2D eigenvalue weighted by Crippen LogP contribution is 2.23. The summed E-state index contributed by atoms with van der Waals surface area (Å²) in [4.78, 5) is 17.6. The lowest BCUT2D eigenvalue weighted by Crippen LogP contribution is -2.28. The van der Waals surface area contributed by atoms with Crippen LogP contribution in [0.4, 0.5) is 0 Å². The maximum atomic E-state index is 12.8. The molecule has 1 heterocycles. The van der Waals surface area contributed by atoms with Gasteiger partial charge in [0.05, 0.1) is 17.1 Å². The molecule has 0 spiro atoms. The van der Waals surface area contributed by atoms with Gasteiger partial charge in [0.1, 0.15) is 5.82 Å². The summed E-state index contributed by atoms with van der Waals surface area (Å²) in [6, 6.07) is 24.0. The molecule has 0 radical (unpaired) electrons. The average molecular weight is 383 g/mol. The Bertz CT molecular complexity index is 1160. The third-order valence-corrected chi connectivity index (χ3v) is 5.16. The number of carbonyl (C=O) groups is 1. The van der Waals surface area contributed by atoms with Crippen LogP contribution in [0.25, 0.3) is 11.0 Å². The van der Waals surface area contributed by atoms with Gasteiger partial charge < -0.3 is 9.88 Å². The number of benzene rings is 3. The molecule has 0 fully saturated rings. The van der Waals surface area contributed by atoms with Crippen molar-refractivity contribution in [1.82, 2.24) is 14.9 Å². The van der Waals surface area contributed by atoms with Gasteiger partial charge >= 0.3 is 0 Å². The van der Waals surface area contributed by atoms with E-state index in [2.05, 4.69) is 47.1 Å². The van der Waals surface area contributed by atoms with E-state index in [1.807, 2.05) is 56.3 Å². The van der Waals surface area contributed by atoms with E-state index < -0.39 is 0 Å². The largest absolute Gasteiger partial charge is 0.342 e. The summed E-state index contributed by atoms with van der Waals surface area (Å²) in [5.74, 6) is 0.767. The van der Waals surface area contributed by atoms with Crippen molar-refractivity contribution in [1.29, 1.82) is 0 Å². The first kappa shape index (κ1) is 18.9. The van der Waals surface area contributed by atoms with Crippen LogP contribution in [0.1, 0.15) is 45.8 Å². The van der Waals surface area contributed by atoms with Crippen molar-refractivity contribution in [3.05, 3.63) is 101 Å². The van der Waals surface area contributed by atoms with Crippen LogP contribution in [0.2, 0.25) is 0 Å². The minimum atomic E-state index is -0.221. The standard InChI is InChI=1S/C25H25N3O/c1-17-11-13-20(14-12-17)16-28-23-10-5-4-9-22(23)27-24(28)19(3)26-25(29)21-8-6-7-18(2)15-21/h4-15,19H,16H2,1-3H3,(H,26,29)/t19-/m1/s1. The van der Waals surface area contributed by atoms with E-state index in [0.717, 1.165) is 22.4 Å². The van der Waals surface area contributed by atoms with Gasteiger partial charge in [-0.3, -0.25) is 4.79 Å². The lowest BCUT2D eigenvalue weighted by Gasteiger charge is -2.17. The van der Waals surface area contributed by atoms with Gasteiger partial charge in [-0.25, -0.2) is 4.98 Å². The van der Waals surface area contributed by atoms with Gasteiger partial charge in [0, 0.05) is 12.1 Å². The third kappa shape index (κ3) is 4.06. The molecule has 4 rings (SSSR count). The van der Waals surface area contributed by atoms with Crippen molar-refractivity contribution < 1.29 is 4.79 Å². The molecule has 3 aromatic carbocycles. The first-order valence-corrected chi connectivity index (χ1v) is 9.89. The predicted octanol–water partition coefficient (Wildman–Crippen LogP) is 5.19. The van der Waals surface area contributed by atoms with Crippen LogP contribution in [0, 0.1) is 13.8 Å². The highest BCUT2D eigenvalue weighted by molar-refractivity contribution is 5.94. The number of nitrogens with zero attached hydrogens (tertiary/aromatic N) is 2. The molecule has 29 heavy (non-hydrogen) atoms.